The van der Waals surface area contributed by atoms with Crippen LogP contribution in [0, 0.1) is 0 Å². The molecule has 0 spiro atoms. The Morgan fingerprint density at radius 1 is 1.47 bits per heavy atom. The predicted octanol–water partition coefficient (Wildman–Crippen LogP) is 2.00. The lowest BCUT2D eigenvalue weighted by Crippen LogP contribution is -1.97. The van der Waals surface area contributed by atoms with Crippen molar-refractivity contribution >= 4 is 16.7 Å². The molecular formula is C11H13N3O. The van der Waals surface area contributed by atoms with Crippen molar-refractivity contribution in [2.24, 2.45) is 0 Å². The maximum atomic E-state index is 5.71. The number of nitrogens with zero attached hydrogens (tertiary/aromatic N) is 1. The van der Waals surface area contributed by atoms with Crippen LogP contribution in [0.15, 0.2) is 18.2 Å². The molecule has 0 radical (unpaired) electrons. The summed E-state index contributed by atoms with van der Waals surface area (Å²) in [5.74, 6) is 0.924. The molecule has 4 nitrogen and oxygen atoms in total. The second kappa shape index (κ2) is 3.24. The van der Waals surface area contributed by atoms with Crippen LogP contribution in [-0.2, 0) is 4.74 Å². The Bertz CT molecular complexity index is 486. The number of nitrogen functional groups attached to an aromatic ring is 1. The van der Waals surface area contributed by atoms with Gasteiger partial charge in [-0.05, 0) is 31.0 Å². The molecule has 0 unspecified atom stereocenters. The average Bonchev–Trinajstić information content (AvgIpc) is 2.84. The second-order valence-corrected chi connectivity index (χ2v) is 3.90. The van der Waals surface area contributed by atoms with Crippen molar-refractivity contribution in [1.82, 2.24) is 9.97 Å². The van der Waals surface area contributed by atoms with E-state index in [4.69, 9.17) is 10.5 Å². The monoisotopic (exact) mass is 203 g/mol. The molecule has 15 heavy (non-hydrogen) atoms. The van der Waals surface area contributed by atoms with Gasteiger partial charge in [0.15, 0.2) is 0 Å². The highest BCUT2D eigenvalue weighted by molar-refractivity contribution is 5.78. The molecule has 2 aromatic rings. The SMILES string of the molecule is Nc1ccc2nc([C@H]3CCCO3)[nH]c2c1. The van der Waals surface area contributed by atoms with E-state index in [0.717, 1.165) is 42.0 Å². The minimum absolute atomic E-state index is 0.138. The summed E-state index contributed by atoms with van der Waals surface area (Å²) >= 11 is 0. The molecule has 2 heterocycles. The maximum Gasteiger partial charge on any atom is 0.136 e. The summed E-state index contributed by atoms with van der Waals surface area (Å²) < 4.78 is 5.57. The first-order valence-electron chi connectivity index (χ1n) is 5.20. The van der Waals surface area contributed by atoms with Crippen molar-refractivity contribution < 1.29 is 4.74 Å². The van der Waals surface area contributed by atoms with Crippen LogP contribution >= 0.6 is 0 Å². The highest BCUT2D eigenvalue weighted by Gasteiger charge is 2.20. The minimum atomic E-state index is 0.138. The number of aromatic nitrogens is 2. The molecule has 4 heteroatoms. The van der Waals surface area contributed by atoms with Gasteiger partial charge >= 0.3 is 0 Å². The largest absolute Gasteiger partial charge is 0.399 e. The summed E-state index contributed by atoms with van der Waals surface area (Å²) in [6.45, 7) is 0.837. The molecule has 1 aliphatic rings. The van der Waals surface area contributed by atoms with E-state index in [1.165, 1.54) is 0 Å². The predicted molar refractivity (Wildman–Crippen MR) is 58.4 cm³/mol. The summed E-state index contributed by atoms with van der Waals surface area (Å²) in [6, 6.07) is 5.70. The number of imidazole rings is 1. The highest BCUT2D eigenvalue weighted by atomic mass is 16.5. The molecule has 1 atom stereocenters. The van der Waals surface area contributed by atoms with E-state index in [1.807, 2.05) is 18.2 Å². The van der Waals surface area contributed by atoms with Crippen molar-refractivity contribution in [1.29, 1.82) is 0 Å². The number of benzene rings is 1. The van der Waals surface area contributed by atoms with Crippen molar-refractivity contribution in [3.05, 3.63) is 24.0 Å². The first kappa shape index (κ1) is 8.73. The molecule has 1 aliphatic heterocycles. The molecule has 1 saturated heterocycles. The number of rotatable bonds is 1. The molecule has 3 N–H and O–H groups in total. The van der Waals surface area contributed by atoms with Gasteiger partial charge in [0.25, 0.3) is 0 Å². The van der Waals surface area contributed by atoms with E-state index < -0.39 is 0 Å². The van der Waals surface area contributed by atoms with E-state index in [-0.39, 0.29) is 6.10 Å². The van der Waals surface area contributed by atoms with Gasteiger partial charge in [-0.3, -0.25) is 0 Å². The quantitative estimate of drug-likeness (QED) is 0.697. The smallest absolute Gasteiger partial charge is 0.136 e. The van der Waals surface area contributed by atoms with Gasteiger partial charge in [-0.15, -0.1) is 0 Å². The molecular weight excluding hydrogens is 190 g/mol. The molecule has 0 aliphatic carbocycles. The lowest BCUT2D eigenvalue weighted by atomic mass is 10.2. The Labute approximate surface area is 87.4 Å². The topological polar surface area (TPSA) is 63.9 Å². The van der Waals surface area contributed by atoms with Gasteiger partial charge in [0.2, 0.25) is 0 Å². The summed E-state index contributed by atoms with van der Waals surface area (Å²) in [5, 5.41) is 0. The third-order valence-corrected chi connectivity index (χ3v) is 2.76. The van der Waals surface area contributed by atoms with Crippen LogP contribution in [0.4, 0.5) is 5.69 Å². The van der Waals surface area contributed by atoms with E-state index >= 15 is 0 Å². The molecule has 1 aromatic carbocycles. The normalized spacial score (nSPS) is 21.2. The van der Waals surface area contributed by atoms with E-state index in [1.54, 1.807) is 0 Å². The van der Waals surface area contributed by atoms with Gasteiger partial charge in [0, 0.05) is 12.3 Å². The number of nitrogens with two attached hydrogens (primary N) is 1. The number of aromatic amines is 1. The summed E-state index contributed by atoms with van der Waals surface area (Å²) in [7, 11) is 0. The zero-order valence-corrected chi connectivity index (χ0v) is 8.36. The van der Waals surface area contributed by atoms with Gasteiger partial charge < -0.3 is 15.5 Å². The van der Waals surface area contributed by atoms with Crippen molar-refractivity contribution in [3.63, 3.8) is 0 Å². The third kappa shape index (κ3) is 1.47. The average molecular weight is 203 g/mol. The van der Waals surface area contributed by atoms with Crippen LogP contribution in [0.3, 0.4) is 0 Å². The lowest BCUT2D eigenvalue weighted by Gasteiger charge is -2.03. The molecule has 1 aromatic heterocycles. The van der Waals surface area contributed by atoms with Crippen molar-refractivity contribution in [2.45, 2.75) is 18.9 Å². The number of anilines is 1. The Morgan fingerprint density at radius 2 is 2.40 bits per heavy atom. The number of hydrogen-bond donors (Lipinski definition) is 2. The van der Waals surface area contributed by atoms with Crippen LogP contribution in [0.5, 0.6) is 0 Å². The number of nitrogens with one attached hydrogen (secondary N) is 1. The Kier molecular flexibility index (Phi) is 1.89. The Hall–Kier alpha value is -1.55. The van der Waals surface area contributed by atoms with Crippen LogP contribution in [0.25, 0.3) is 11.0 Å². The fourth-order valence-corrected chi connectivity index (χ4v) is 1.99. The second-order valence-electron chi connectivity index (χ2n) is 3.90. The number of H-pyrrole nitrogens is 1. The summed E-state index contributed by atoms with van der Waals surface area (Å²) in [6.07, 6.45) is 2.30. The third-order valence-electron chi connectivity index (χ3n) is 2.76. The molecule has 0 saturated carbocycles. The van der Waals surface area contributed by atoms with Crippen LogP contribution in [-0.4, -0.2) is 16.6 Å². The Morgan fingerprint density at radius 3 is 3.20 bits per heavy atom. The van der Waals surface area contributed by atoms with Crippen LogP contribution < -0.4 is 5.73 Å². The molecule has 78 valence electrons. The van der Waals surface area contributed by atoms with E-state index in [2.05, 4.69) is 9.97 Å². The van der Waals surface area contributed by atoms with Crippen LogP contribution in [0.1, 0.15) is 24.8 Å². The van der Waals surface area contributed by atoms with E-state index in [0.29, 0.717) is 0 Å². The number of fused-ring (bicyclic) bond motifs is 1. The molecule has 0 amide bonds. The summed E-state index contributed by atoms with van der Waals surface area (Å²) in [5.41, 5.74) is 8.40. The van der Waals surface area contributed by atoms with Crippen molar-refractivity contribution in [3.8, 4) is 0 Å². The maximum absolute atomic E-state index is 5.71. The van der Waals surface area contributed by atoms with Crippen LogP contribution in [0.2, 0.25) is 0 Å². The van der Waals surface area contributed by atoms with Gasteiger partial charge in [-0.1, -0.05) is 0 Å². The molecule has 3 rings (SSSR count). The molecule has 1 fully saturated rings. The first-order chi connectivity index (χ1) is 7.33. The Balaban J connectivity index is 2.05. The van der Waals surface area contributed by atoms with Gasteiger partial charge in [-0.2, -0.15) is 0 Å². The van der Waals surface area contributed by atoms with Gasteiger partial charge in [0.1, 0.15) is 11.9 Å². The number of ether oxygens (including phenoxy) is 1. The zero-order chi connectivity index (χ0) is 10.3. The standard InChI is InChI=1S/C11H13N3O/c12-7-3-4-8-9(6-7)14-11(13-8)10-2-1-5-15-10/h3-4,6,10H,1-2,5,12H2,(H,13,14)/t10-/m1/s1. The van der Waals surface area contributed by atoms with Gasteiger partial charge in [-0.25, -0.2) is 4.98 Å². The number of hydrogen-bond acceptors (Lipinski definition) is 3. The van der Waals surface area contributed by atoms with Gasteiger partial charge in [0.05, 0.1) is 11.0 Å². The highest BCUT2D eigenvalue weighted by Crippen LogP contribution is 2.28. The fraction of sp³-hybridized carbons (Fsp3) is 0.364. The fourth-order valence-electron chi connectivity index (χ4n) is 1.99. The lowest BCUT2D eigenvalue weighted by molar-refractivity contribution is 0.106. The zero-order valence-electron chi connectivity index (χ0n) is 8.36. The minimum Gasteiger partial charge on any atom is -0.399 e. The van der Waals surface area contributed by atoms with E-state index in [9.17, 15) is 0 Å². The van der Waals surface area contributed by atoms with Crippen molar-refractivity contribution in [2.75, 3.05) is 12.3 Å². The first-order valence-corrected chi connectivity index (χ1v) is 5.20. The summed E-state index contributed by atoms with van der Waals surface area (Å²) in [4.78, 5) is 7.76. The molecule has 0 bridgehead atoms.